The molecule has 0 saturated heterocycles. The zero-order valence-electron chi connectivity index (χ0n) is 9.58. The fraction of sp³-hybridized carbons (Fsp3) is 0. The molecular weight excluding hydrogens is 290 g/mol. The summed E-state index contributed by atoms with van der Waals surface area (Å²) in [5.41, 5.74) is 7.08. The zero-order chi connectivity index (χ0) is 14.0. The summed E-state index contributed by atoms with van der Waals surface area (Å²) < 4.78 is 26.0. The molecular formula is C13H9ClF2N2S. The molecule has 0 spiro atoms. The summed E-state index contributed by atoms with van der Waals surface area (Å²) in [6.45, 7) is 0. The van der Waals surface area contributed by atoms with Crippen molar-refractivity contribution in [2.24, 2.45) is 5.73 Å². The first-order valence-electron chi connectivity index (χ1n) is 5.29. The van der Waals surface area contributed by atoms with Crippen LogP contribution in [0.25, 0.3) is 0 Å². The number of hydrogen-bond acceptors (Lipinski definition) is 2. The maximum atomic E-state index is 13.1. The van der Waals surface area contributed by atoms with Crippen molar-refractivity contribution in [3.63, 3.8) is 0 Å². The van der Waals surface area contributed by atoms with E-state index in [9.17, 15) is 8.78 Å². The van der Waals surface area contributed by atoms with Crippen molar-refractivity contribution in [1.82, 2.24) is 0 Å². The zero-order valence-corrected chi connectivity index (χ0v) is 11.2. The van der Waals surface area contributed by atoms with Gasteiger partial charge in [0.1, 0.15) is 4.99 Å². The SMILES string of the molecule is NC(=S)c1cc(Cl)ccc1Nc1ccc(F)c(F)c1. The monoisotopic (exact) mass is 298 g/mol. The molecule has 0 aliphatic carbocycles. The van der Waals surface area contributed by atoms with E-state index in [4.69, 9.17) is 29.6 Å². The number of nitrogens with one attached hydrogen (secondary N) is 1. The third-order valence-electron chi connectivity index (χ3n) is 2.45. The maximum Gasteiger partial charge on any atom is 0.160 e. The first-order valence-corrected chi connectivity index (χ1v) is 6.07. The molecule has 2 aromatic rings. The molecule has 0 amide bonds. The molecule has 98 valence electrons. The quantitative estimate of drug-likeness (QED) is 0.841. The summed E-state index contributed by atoms with van der Waals surface area (Å²) in [5.74, 6) is -1.84. The van der Waals surface area contributed by atoms with E-state index in [2.05, 4.69) is 5.32 Å². The van der Waals surface area contributed by atoms with Crippen LogP contribution in [0.4, 0.5) is 20.2 Å². The van der Waals surface area contributed by atoms with Gasteiger partial charge in [-0.05, 0) is 30.3 Å². The summed E-state index contributed by atoms with van der Waals surface area (Å²) in [4.78, 5) is 0.160. The predicted octanol–water partition coefficient (Wildman–Crippen LogP) is 4.00. The minimum absolute atomic E-state index is 0.160. The van der Waals surface area contributed by atoms with Gasteiger partial charge in [0.05, 0.1) is 0 Å². The Balaban J connectivity index is 2.37. The fourth-order valence-electron chi connectivity index (χ4n) is 1.56. The molecule has 0 aromatic heterocycles. The molecule has 6 heteroatoms. The number of hydrogen-bond donors (Lipinski definition) is 2. The second kappa shape index (κ2) is 5.50. The Labute approximate surface area is 119 Å². The minimum atomic E-state index is -0.934. The van der Waals surface area contributed by atoms with Crippen LogP contribution in [0.15, 0.2) is 36.4 Å². The molecule has 2 rings (SSSR count). The minimum Gasteiger partial charge on any atom is -0.389 e. The summed E-state index contributed by atoms with van der Waals surface area (Å²) in [5, 5.41) is 3.40. The van der Waals surface area contributed by atoms with Gasteiger partial charge in [-0.15, -0.1) is 0 Å². The normalized spacial score (nSPS) is 10.3. The lowest BCUT2D eigenvalue weighted by molar-refractivity contribution is 0.509. The third kappa shape index (κ3) is 3.19. The van der Waals surface area contributed by atoms with Gasteiger partial charge in [0, 0.05) is 28.0 Å². The first-order chi connectivity index (χ1) is 8.97. The van der Waals surface area contributed by atoms with E-state index in [1.165, 1.54) is 6.07 Å². The molecule has 19 heavy (non-hydrogen) atoms. The van der Waals surface area contributed by atoms with E-state index in [0.29, 0.717) is 22.0 Å². The Morgan fingerprint density at radius 3 is 2.47 bits per heavy atom. The van der Waals surface area contributed by atoms with E-state index >= 15 is 0 Å². The highest BCUT2D eigenvalue weighted by Gasteiger charge is 2.08. The van der Waals surface area contributed by atoms with Crippen molar-refractivity contribution in [2.45, 2.75) is 0 Å². The van der Waals surface area contributed by atoms with Crippen LogP contribution in [0.2, 0.25) is 5.02 Å². The highest BCUT2D eigenvalue weighted by molar-refractivity contribution is 7.80. The van der Waals surface area contributed by atoms with Crippen molar-refractivity contribution in [3.05, 3.63) is 58.6 Å². The average molecular weight is 299 g/mol. The van der Waals surface area contributed by atoms with Crippen LogP contribution >= 0.6 is 23.8 Å². The van der Waals surface area contributed by atoms with Crippen molar-refractivity contribution >= 4 is 40.2 Å². The Hall–Kier alpha value is -1.72. The Morgan fingerprint density at radius 2 is 1.84 bits per heavy atom. The summed E-state index contributed by atoms with van der Waals surface area (Å²) in [6, 6.07) is 8.41. The highest BCUT2D eigenvalue weighted by Crippen LogP contribution is 2.25. The third-order valence-corrected chi connectivity index (χ3v) is 2.90. The highest BCUT2D eigenvalue weighted by atomic mass is 35.5. The summed E-state index contributed by atoms with van der Waals surface area (Å²) in [6.07, 6.45) is 0. The standard InChI is InChI=1S/C13H9ClF2N2S/c14-7-1-4-12(9(5-7)13(17)19)18-8-2-3-10(15)11(16)6-8/h1-6,18H,(H2,17,19). The van der Waals surface area contributed by atoms with Gasteiger partial charge in [-0.2, -0.15) is 0 Å². The molecule has 2 nitrogen and oxygen atoms in total. The molecule has 0 unspecified atom stereocenters. The molecule has 0 aliphatic rings. The average Bonchev–Trinajstić information content (AvgIpc) is 2.36. The van der Waals surface area contributed by atoms with E-state index < -0.39 is 11.6 Å². The second-order valence-corrected chi connectivity index (χ2v) is 4.68. The number of anilines is 2. The van der Waals surface area contributed by atoms with Crippen LogP contribution in [-0.2, 0) is 0 Å². The van der Waals surface area contributed by atoms with Gasteiger partial charge in [0.25, 0.3) is 0 Å². The van der Waals surface area contributed by atoms with Gasteiger partial charge < -0.3 is 11.1 Å². The Kier molecular flexibility index (Phi) is 3.97. The van der Waals surface area contributed by atoms with Crippen LogP contribution in [0.3, 0.4) is 0 Å². The van der Waals surface area contributed by atoms with Crippen LogP contribution in [0.1, 0.15) is 5.56 Å². The second-order valence-electron chi connectivity index (χ2n) is 3.81. The van der Waals surface area contributed by atoms with Gasteiger partial charge in [-0.3, -0.25) is 0 Å². The largest absolute Gasteiger partial charge is 0.389 e. The Morgan fingerprint density at radius 1 is 1.11 bits per heavy atom. The van der Waals surface area contributed by atoms with Crippen LogP contribution in [-0.4, -0.2) is 4.99 Å². The van der Waals surface area contributed by atoms with Crippen LogP contribution in [0, 0.1) is 11.6 Å². The Bertz CT molecular complexity index is 647. The first kappa shape index (κ1) is 13.7. The van der Waals surface area contributed by atoms with Crippen molar-refractivity contribution in [3.8, 4) is 0 Å². The molecule has 0 radical (unpaired) electrons. The van der Waals surface area contributed by atoms with Crippen LogP contribution < -0.4 is 11.1 Å². The van der Waals surface area contributed by atoms with Crippen molar-refractivity contribution in [2.75, 3.05) is 5.32 Å². The van der Waals surface area contributed by atoms with Crippen molar-refractivity contribution in [1.29, 1.82) is 0 Å². The molecule has 2 aromatic carbocycles. The maximum absolute atomic E-state index is 13.1. The molecule has 0 heterocycles. The lowest BCUT2D eigenvalue weighted by Gasteiger charge is -2.11. The molecule has 0 aliphatic heterocycles. The van der Waals surface area contributed by atoms with E-state index in [1.54, 1.807) is 18.2 Å². The number of nitrogens with two attached hydrogens (primary N) is 1. The van der Waals surface area contributed by atoms with Gasteiger partial charge in [-0.1, -0.05) is 23.8 Å². The number of halogens is 3. The molecule has 3 N–H and O–H groups in total. The summed E-state index contributed by atoms with van der Waals surface area (Å²) in [7, 11) is 0. The number of thiocarbonyl (C=S) groups is 1. The number of rotatable bonds is 3. The fourth-order valence-corrected chi connectivity index (χ4v) is 1.90. The van der Waals surface area contributed by atoms with Gasteiger partial charge in [0.15, 0.2) is 11.6 Å². The molecule has 0 bridgehead atoms. The topological polar surface area (TPSA) is 38.0 Å². The van der Waals surface area contributed by atoms with Gasteiger partial charge in [0.2, 0.25) is 0 Å². The number of benzene rings is 2. The van der Waals surface area contributed by atoms with Gasteiger partial charge in [-0.25, -0.2) is 8.78 Å². The van der Waals surface area contributed by atoms with Crippen molar-refractivity contribution < 1.29 is 8.78 Å². The molecule has 0 atom stereocenters. The van der Waals surface area contributed by atoms with E-state index in [0.717, 1.165) is 12.1 Å². The summed E-state index contributed by atoms with van der Waals surface area (Å²) >= 11 is 10.8. The van der Waals surface area contributed by atoms with E-state index in [-0.39, 0.29) is 4.99 Å². The molecule has 0 saturated carbocycles. The lowest BCUT2D eigenvalue weighted by atomic mass is 10.1. The van der Waals surface area contributed by atoms with Crippen LogP contribution in [0.5, 0.6) is 0 Å². The van der Waals surface area contributed by atoms with Gasteiger partial charge >= 0.3 is 0 Å². The predicted molar refractivity (Wildman–Crippen MR) is 77.0 cm³/mol. The molecule has 0 fully saturated rings. The van der Waals surface area contributed by atoms with E-state index in [1.807, 2.05) is 0 Å². The lowest BCUT2D eigenvalue weighted by Crippen LogP contribution is -2.12. The smallest absolute Gasteiger partial charge is 0.160 e.